The molecule has 0 radical (unpaired) electrons. The predicted molar refractivity (Wildman–Crippen MR) is 71.7 cm³/mol. The van der Waals surface area contributed by atoms with Gasteiger partial charge in [-0.1, -0.05) is 28.9 Å². The van der Waals surface area contributed by atoms with E-state index in [1.165, 1.54) is 12.4 Å². The average molecular weight is 310 g/mol. The Hall–Kier alpha value is -1.33. The van der Waals surface area contributed by atoms with Gasteiger partial charge < -0.3 is 5.32 Å². The maximum absolute atomic E-state index is 14.0. The van der Waals surface area contributed by atoms with Gasteiger partial charge in [0.1, 0.15) is 12.1 Å². The first-order valence-electron chi connectivity index (χ1n) is 5.66. The normalized spacial score (nSPS) is 12.4. The first kappa shape index (κ1) is 13.1. The number of rotatable bonds is 4. The fourth-order valence-electron chi connectivity index (χ4n) is 1.84. The van der Waals surface area contributed by atoms with Gasteiger partial charge in [0.25, 0.3) is 0 Å². The Balaban J connectivity index is 2.48. The minimum absolute atomic E-state index is 0.251. The van der Waals surface area contributed by atoms with E-state index in [0.717, 1.165) is 16.6 Å². The SMILES string of the molecule is CCNC(c1cncnc1)c1c(F)cccc1Br. The van der Waals surface area contributed by atoms with Crippen LogP contribution in [0.25, 0.3) is 0 Å². The smallest absolute Gasteiger partial charge is 0.129 e. The molecule has 0 saturated heterocycles. The summed E-state index contributed by atoms with van der Waals surface area (Å²) < 4.78 is 14.7. The van der Waals surface area contributed by atoms with E-state index in [1.807, 2.05) is 13.0 Å². The second-order valence-electron chi connectivity index (χ2n) is 3.80. The Morgan fingerprint density at radius 1 is 1.33 bits per heavy atom. The highest BCUT2D eigenvalue weighted by molar-refractivity contribution is 9.10. The monoisotopic (exact) mass is 309 g/mol. The third kappa shape index (κ3) is 2.73. The van der Waals surface area contributed by atoms with Crippen molar-refractivity contribution in [3.05, 3.63) is 58.3 Å². The van der Waals surface area contributed by atoms with Gasteiger partial charge in [0.2, 0.25) is 0 Å². The summed E-state index contributed by atoms with van der Waals surface area (Å²) in [7, 11) is 0. The van der Waals surface area contributed by atoms with Gasteiger partial charge in [-0.15, -0.1) is 0 Å². The molecule has 0 saturated carbocycles. The first-order chi connectivity index (χ1) is 8.74. The molecule has 3 nitrogen and oxygen atoms in total. The molecule has 5 heteroatoms. The Morgan fingerprint density at radius 3 is 2.67 bits per heavy atom. The zero-order valence-electron chi connectivity index (χ0n) is 9.90. The maximum atomic E-state index is 14.0. The molecule has 0 aliphatic carbocycles. The van der Waals surface area contributed by atoms with Gasteiger partial charge in [-0.25, -0.2) is 14.4 Å². The van der Waals surface area contributed by atoms with Gasteiger partial charge in [0.05, 0.1) is 6.04 Å². The average Bonchev–Trinajstić information content (AvgIpc) is 2.38. The topological polar surface area (TPSA) is 37.8 Å². The molecular weight excluding hydrogens is 297 g/mol. The zero-order chi connectivity index (χ0) is 13.0. The van der Waals surface area contributed by atoms with Crippen molar-refractivity contribution in [2.75, 3.05) is 6.54 Å². The summed E-state index contributed by atoms with van der Waals surface area (Å²) in [6.07, 6.45) is 4.85. The van der Waals surface area contributed by atoms with Crippen LogP contribution in [0.15, 0.2) is 41.4 Å². The van der Waals surface area contributed by atoms with Gasteiger partial charge in [0, 0.05) is 28.0 Å². The largest absolute Gasteiger partial charge is 0.306 e. The molecule has 1 aromatic carbocycles. The standard InChI is InChI=1S/C13H13BrFN3/c1-2-18-13(9-6-16-8-17-7-9)12-10(14)4-3-5-11(12)15/h3-8,13,18H,2H2,1H3. The lowest BCUT2D eigenvalue weighted by molar-refractivity contribution is 0.555. The molecule has 1 atom stereocenters. The van der Waals surface area contributed by atoms with E-state index in [0.29, 0.717) is 5.56 Å². The van der Waals surface area contributed by atoms with Gasteiger partial charge in [-0.2, -0.15) is 0 Å². The second kappa shape index (κ2) is 6.02. The molecule has 2 rings (SSSR count). The number of hydrogen-bond acceptors (Lipinski definition) is 3. The van der Waals surface area contributed by atoms with Crippen LogP contribution in [0.1, 0.15) is 24.1 Å². The van der Waals surface area contributed by atoms with Crippen molar-refractivity contribution in [1.29, 1.82) is 0 Å². The molecule has 1 heterocycles. The number of nitrogens with zero attached hydrogens (tertiary/aromatic N) is 2. The second-order valence-corrected chi connectivity index (χ2v) is 4.65. The van der Waals surface area contributed by atoms with Crippen molar-refractivity contribution in [2.24, 2.45) is 0 Å². The summed E-state index contributed by atoms with van der Waals surface area (Å²) >= 11 is 3.39. The van der Waals surface area contributed by atoms with Gasteiger partial charge >= 0.3 is 0 Å². The highest BCUT2D eigenvalue weighted by Crippen LogP contribution is 2.30. The molecule has 1 N–H and O–H groups in total. The summed E-state index contributed by atoms with van der Waals surface area (Å²) in [6.45, 7) is 2.70. The van der Waals surface area contributed by atoms with Crippen LogP contribution in [0.5, 0.6) is 0 Å². The van der Waals surface area contributed by atoms with E-state index in [1.54, 1.807) is 18.5 Å². The molecule has 0 fully saturated rings. The molecule has 94 valence electrons. The number of aromatic nitrogens is 2. The minimum Gasteiger partial charge on any atom is -0.306 e. The highest BCUT2D eigenvalue weighted by Gasteiger charge is 2.20. The molecule has 0 amide bonds. The Bertz CT molecular complexity index is 499. The highest BCUT2D eigenvalue weighted by atomic mass is 79.9. The summed E-state index contributed by atoms with van der Waals surface area (Å²) in [4.78, 5) is 7.97. The maximum Gasteiger partial charge on any atom is 0.129 e. The molecular formula is C13H13BrFN3. The quantitative estimate of drug-likeness (QED) is 0.943. The molecule has 0 aliphatic heterocycles. The van der Waals surface area contributed by atoms with Crippen molar-refractivity contribution in [3.63, 3.8) is 0 Å². The fraction of sp³-hybridized carbons (Fsp3) is 0.231. The van der Waals surface area contributed by atoms with Crippen molar-refractivity contribution >= 4 is 15.9 Å². The summed E-state index contributed by atoms with van der Waals surface area (Å²) in [5.74, 6) is -0.251. The van der Waals surface area contributed by atoms with Gasteiger partial charge in [0.15, 0.2) is 0 Å². The van der Waals surface area contributed by atoms with Crippen LogP contribution in [0.4, 0.5) is 4.39 Å². The van der Waals surface area contributed by atoms with E-state index in [4.69, 9.17) is 0 Å². The lowest BCUT2D eigenvalue weighted by Gasteiger charge is -2.20. The van der Waals surface area contributed by atoms with Crippen LogP contribution in [0, 0.1) is 5.82 Å². The van der Waals surface area contributed by atoms with Crippen LogP contribution < -0.4 is 5.32 Å². The van der Waals surface area contributed by atoms with Crippen LogP contribution in [0.3, 0.4) is 0 Å². The van der Waals surface area contributed by atoms with E-state index in [-0.39, 0.29) is 11.9 Å². The van der Waals surface area contributed by atoms with Crippen LogP contribution in [0.2, 0.25) is 0 Å². The van der Waals surface area contributed by atoms with Crippen molar-refractivity contribution in [2.45, 2.75) is 13.0 Å². The third-order valence-corrected chi connectivity index (χ3v) is 3.30. The summed E-state index contributed by atoms with van der Waals surface area (Å²) in [5.41, 5.74) is 1.42. The molecule has 0 bridgehead atoms. The van der Waals surface area contributed by atoms with Crippen LogP contribution in [-0.4, -0.2) is 16.5 Å². The van der Waals surface area contributed by atoms with E-state index in [2.05, 4.69) is 31.2 Å². The number of benzene rings is 1. The predicted octanol–water partition coefficient (Wildman–Crippen LogP) is 3.08. The van der Waals surface area contributed by atoms with Crippen LogP contribution in [-0.2, 0) is 0 Å². The minimum atomic E-state index is -0.258. The number of hydrogen-bond donors (Lipinski definition) is 1. The molecule has 18 heavy (non-hydrogen) atoms. The van der Waals surface area contributed by atoms with E-state index >= 15 is 0 Å². The summed E-state index contributed by atoms with van der Waals surface area (Å²) in [5, 5.41) is 3.25. The lowest BCUT2D eigenvalue weighted by Crippen LogP contribution is -2.23. The zero-order valence-corrected chi connectivity index (χ0v) is 11.5. The van der Waals surface area contributed by atoms with Crippen molar-refractivity contribution in [3.8, 4) is 0 Å². The van der Waals surface area contributed by atoms with E-state index in [9.17, 15) is 4.39 Å². The van der Waals surface area contributed by atoms with Gasteiger partial charge in [-0.05, 0) is 18.7 Å². The van der Waals surface area contributed by atoms with Crippen molar-refractivity contribution in [1.82, 2.24) is 15.3 Å². The molecule has 1 unspecified atom stereocenters. The molecule has 0 spiro atoms. The van der Waals surface area contributed by atoms with Gasteiger partial charge in [-0.3, -0.25) is 0 Å². The first-order valence-corrected chi connectivity index (χ1v) is 6.45. The van der Waals surface area contributed by atoms with Crippen LogP contribution >= 0.6 is 15.9 Å². The molecule has 0 aliphatic rings. The van der Waals surface area contributed by atoms with Crippen molar-refractivity contribution < 1.29 is 4.39 Å². The molecule has 2 aromatic rings. The van der Waals surface area contributed by atoms with E-state index < -0.39 is 0 Å². The lowest BCUT2D eigenvalue weighted by atomic mass is 10.0. The molecule has 1 aromatic heterocycles. The Labute approximate surface area is 114 Å². The third-order valence-electron chi connectivity index (χ3n) is 2.61. The Kier molecular flexibility index (Phi) is 4.38. The Morgan fingerprint density at radius 2 is 2.06 bits per heavy atom. The number of halogens is 2. The summed E-state index contributed by atoms with van der Waals surface area (Å²) in [6, 6.07) is 4.69. The fourth-order valence-corrected chi connectivity index (χ4v) is 2.41. The number of nitrogens with one attached hydrogen (secondary N) is 1.